The highest BCUT2D eigenvalue weighted by atomic mass is 16.6. The molecule has 0 N–H and O–H groups in total. The fourth-order valence-corrected chi connectivity index (χ4v) is 4.26. The number of aryl methyl sites for hydroxylation is 1. The Morgan fingerprint density at radius 3 is 2.68 bits per heavy atom. The van der Waals surface area contributed by atoms with E-state index in [0.29, 0.717) is 18.7 Å². The third kappa shape index (κ3) is 7.05. The van der Waals surface area contributed by atoms with Crippen molar-refractivity contribution in [3.63, 3.8) is 0 Å². The van der Waals surface area contributed by atoms with Gasteiger partial charge in [0.1, 0.15) is 23.6 Å². The molecule has 3 aromatic rings. The standard InChI is InChI=1S/C27H33N5O5/c1-27(2,3)37-26(35)31-11-6-9-21(31)18-36-25(34)15-20-8-5-7-19(13-20)14-23-24(33)10-12-32(29-23)22-16-28-30(4)17-22/h5,7-8,10,12-13,16-17,21H,6,9,11,14-15,18H2,1-4H3/t21-/m1/s1. The maximum Gasteiger partial charge on any atom is 0.410 e. The Balaban J connectivity index is 1.35. The van der Waals surface area contributed by atoms with Crippen LogP contribution in [0.2, 0.25) is 0 Å². The van der Waals surface area contributed by atoms with Gasteiger partial charge in [0.05, 0.1) is 24.9 Å². The zero-order valence-corrected chi connectivity index (χ0v) is 21.7. The van der Waals surface area contributed by atoms with Crippen LogP contribution >= 0.6 is 0 Å². The van der Waals surface area contributed by atoms with Crippen LogP contribution in [-0.4, -0.2) is 61.3 Å². The summed E-state index contributed by atoms with van der Waals surface area (Å²) in [5.41, 5.74) is 2.07. The van der Waals surface area contributed by atoms with E-state index in [4.69, 9.17) is 9.47 Å². The van der Waals surface area contributed by atoms with Crippen LogP contribution in [0.5, 0.6) is 0 Å². The molecule has 0 aliphatic carbocycles. The zero-order valence-electron chi connectivity index (χ0n) is 21.7. The van der Waals surface area contributed by atoms with Gasteiger partial charge in [-0.05, 0) is 44.7 Å². The number of aromatic nitrogens is 4. The van der Waals surface area contributed by atoms with Crippen molar-refractivity contribution < 1.29 is 19.1 Å². The van der Waals surface area contributed by atoms with Crippen LogP contribution in [0.1, 0.15) is 50.4 Å². The van der Waals surface area contributed by atoms with Crippen LogP contribution in [0.15, 0.2) is 53.7 Å². The van der Waals surface area contributed by atoms with Crippen molar-refractivity contribution in [2.24, 2.45) is 7.05 Å². The van der Waals surface area contributed by atoms with Crippen molar-refractivity contribution in [2.75, 3.05) is 13.2 Å². The molecule has 0 saturated carbocycles. The molecule has 1 aliphatic heterocycles. The number of ether oxygens (including phenoxy) is 2. The smallest absolute Gasteiger partial charge is 0.410 e. The summed E-state index contributed by atoms with van der Waals surface area (Å²) in [5, 5.41) is 8.62. The average molecular weight is 508 g/mol. The zero-order chi connectivity index (χ0) is 26.6. The molecular formula is C27H33N5O5. The number of hydrogen-bond acceptors (Lipinski definition) is 7. The number of nitrogens with zero attached hydrogens (tertiary/aromatic N) is 5. The number of esters is 1. The molecule has 196 valence electrons. The monoisotopic (exact) mass is 507 g/mol. The molecule has 10 heteroatoms. The van der Waals surface area contributed by atoms with Crippen molar-refractivity contribution >= 4 is 12.1 Å². The topological polar surface area (TPSA) is 109 Å². The molecule has 1 aliphatic rings. The minimum absolute atomic E-state index is 0.0924. The molecule has 0 unspecified atom stereocenters. The SMILES string of the molecule is Cn1cc(-n2ccc(=O)c(Cc3cccc(CC(=O)OC[C@H]4CCCN4C(=O)OC(C)(C)C)c3)n2)cn1. The Morgan fingerprint density at radius 1 is 1.16 bits per heavy atom. The third-order valence-electron chi connectivity index (χ3n) is 5.99. The minimum Gasteiger partial charge on any atom is -0.463 e. The van der Waals surface area contributed by atoms with Gasteiger partial charge in [-0.25, -0.2) is 9.48 Å². The third-order valence-corrected chi connectivity index (χ3v) is 5.99. The van der Waals surface area contributed by atoms with Gasteiger partial charge in [0.15, 0.2) is 0 Å². The predicted octanol–water partition coefficient (Wildman–Crippen LogP) is 3.04. The molecule has 1 saturated heterocycles. The van der Waals surface area contributed by atoms with Gasteiger partial charge in [0.2, 0.25) is 5.43 Å². The molecule has 1 atom stereocenters. The van der Waals surface area contributed by atoms with Crippen LogP contribution in [0.25, 0.3) is 5.69 Å². The summed E-state index contributed by atoms with van der Waals surface area (Å²) < 4.78 is 14.3. The summed E-state index contributed by atoms with van der Waals surface area (Å²) in [5.74, 6) is -0.370. The molecule has 0 radical (unpaired) electrons. The van der Waals surface area contributed by atoms with E-state index in [9.17, 15) is 14.4 Å². The number of amides is 1. The lowest BCUT2D eigenvalue weighted by molar-refractivity contribution is -0.144. The molecular weight excluding hydrogens is 474 g/mol. The molecule has 3 heterocycles. The normalized spacial score (nSPS) is 15.6. The van der Waals surface area contributed by atoms with Gasteiger partial charge in [-0.3, -0.25) is 14.3 Å². The Labute approximate surface area is 215 Å². The van der Waals surface area contributed by atoms with E-state index in [1.54, 1.807) is 26.7 Å². The molecule has 10 nitrogen and oxygen atoms in total. The molecule has 37 heavy (non-hydrogen) atoms. The quantitative estimate of drug-likeness (QED) is 0.452. The van der Waals surface area contributed by atoms with Crippen LogP contribution in [0.4, 0.5) is 4.79 Å². The van der Waals surface area contributed by atoms with Crippen LogP contribution in [-0.2, 0) is 34.2 Å². The summed E-state index contributed by atoms with van der Waals surface area (Å²) in [7, 11) is 1.81. The van der Waals surface area contributed by atoms with Gasteiger partial charge in [-0.15, -0.1) is 0 Å². The summed E-state index contributed by atoms with van der Waals surface area (Å²) in [6, 6.07) is 8.78. The molecule has 4 rings (SSSR count). The highest BCUT2D eigenvalue weighted by Crippen LogP contribution is 2.21. The molecule has 0 spiro atoms. The maximum absolute atomic E-state index is 12.6. The van der Waals surface area contributed by atoms with Gasteiger partial charge in [-0.1, -0.05) is 24.3 Å². The van der Waals surface area contributed by atoms with Gasteiger partial charge in [-0.2, -0.15) is 10.2 Å². The Hall–Kier alpha value is -3.95. The fraction of sp³-hybridized carbons (Fsp3) is 0.444. The van der Waals surface area contributed by atoms with E-state index >= 15 is 0 Å². The highest BCUT2D eigenvalue weighted by molar-refractivity contribution is 5.73. The number of carbonyl (C=O) groups is 2. The highest BCUT2D eigenvalue weighted by Gasteiger charge is 2.33. The van der Waals surface area contributed by atoms with Crippen molar-refractivity contribution in [1.82, 2.24) is 24.5 Å². The van der Waals surface area contributed by atoms with Gasteiger partial charge >= 0.3 is 12.1 Å². The first-order valence-corrected chi connectivity index (χ1v) is 12.4. The summed E-state index contributed by atoms with van der Waals surface area (Å²) in [6.07, 6.45) is 6.75. The minimum atomic E-state index is -0.576. The molecule has 1 amide bonds. The van der Waals surface area contributed by atoms with Crippen molar-refractivity contribution in [3.8, 4) is 5.69 Å². The van der Waals surface area contributed by atoms with Gasteiger partial charge in [0.25, 0.3) is 0 Å². The van der Waals surface area contributed by atoms with E-state index in [2.05, 4.69) is 10.2 Å². The summed E-state index contributed by atoms with van der Waals surface area (Å²) >= 11 is 0. The van der Waals surface area contributed by atoms with Crippen LogP contribution in [0, 0.1) is 0 Å². The van der Waals surface area contributed by atoms with Crippen LogP contribution < -0.4 is 5.43 Å². The first-order chi connectivity index (χ1) is 17.6. The predicted molar refractivity (Wildman–Crippen MR) is 136 cm³/mol. The average Bonchev–Trinajstić information content (AvgIpc) is 3.47. The first-order valence-electron chi connectivity index (χ1n) is 12.4. The summed E-state index contributed by atoms with van der Waals surface area (Å²) in [6.45, 7) is 6.21. The summed E-state index contributed by atoms with van der Waals surface area (Å²) in [4.78, 5) is 39.1. The fourth-order valence-electron chi connectivity index (χ4n) is 4.26. The molecule has 1 fully saturated rings. The van der Waals surface area contributed by atoms with E-state index in [1.807, 2.05) is 58.3 Å². The second-order valence-electron chi connectivity index (χ2n) is 10.3. The largest absolute Gasteiger partial charge is 0.463 e. The van der Waals surface area contributed by atoms with Crippen LogP contribution in [0.3, 0.4) is 0 Å². The second kappa shape index (κ2) is 11.0. The lowest BCUT2D eigenvalue weighted by Crippen LogP contribution is -2.42. The van der Waals surface area contributed by atoms with E-state index in [-0.39, 0.29) is 36.6 Å². The Bertz CT molecular complexity index is 1320. The van der Waals surface area contributed by atoms with Crippen molar-refractivity contribution in [1.29, 1.82) is 0 Å². The van der Waals surface area contributed by atoms with Gasteiger partial charge < -0.3 is 14.4 Å². The number of benzene rings is 1. The van der Waals surface area contributed by atoms with Crippen molar-refractivity contribution in [3.05, 3.63) is 76.0 Å². The Morgan fingerprint density at radius 2 is 1.95 bits per heavy atom. The number of likely N-dealkylation sites (tertiary alicyclic amines) is 1. The van der Waals surface area contributed by atoms with E-state index in [1.165, 1.54) is 6.07 Å². The molecule has 1 aromatic carbocycles. The molecule has 2 aromatic heterocycles. The lowest BCUT2D eigenvalue weighted by Gasteiger charge is -2.28. The first kappa shape index (κ1) is 26.1. The Kier molecular flexibility index (Phi) is 7.75. The number of rotatable bonds is 7. The molecule has 0 bridgehead atoms. The van der Waals surface area contributed by atoms with Gasteiger partial charge in [0, 0.05) is 32.3 Å². The number of carbonyl (C=O) groups excluding carboxylic acids is 2. The van der Waals surface area contributed by atoms with Crippen molar-refractivity contribution in [2.45, 2.75) is 58.1 Å². The number of hydrogen-bond donors (Lipinski definition) is 0. The van der Waals surface area contributed by atoms with E-state index < -0.39 is 5.60 Å². The lowest BCUT2D eigenvalue weighted by atomic mass is 10.0. The maximum atomic E-state index is 12.6. The van der Waals surface area contributed by atoms with E-state index in [0.717, 1.165) is 29.7 Å². The second-order valence-corrected chi connectivity index (χ2v) is 10.3.